The molecule has 5 rings (SSSR count). The summed E-state index contributed by atoms with van der Waals surface area (Å²) in [6.45, 7) is 3.72. The lowest BCUT2D eigenvalue weighted by molar-refractivity contribution is -0.122. The minimum atomic E-state index is -1.03. The first kappa shape index (κ1) is 18.7. The maximum absolute atomic E-state index is 13.6. The number of rotatable bonds is 4. The first-order chi connectivity index (χ1) is 14.5. The molecule has 1 spiro atoms. The van der Waals surface area contributed by atoms with Gasteiger partial charge in [-0.15, -0.1) is 0 Å². The van der Waals surface area contributed by atoms with Crippen molar-refractivity contribution in [3.05, 3.63) is 48.0 Å². The molecule has 0 aliphatic carbocycles. The predicted octanol–water partition coefficient (Wildman–Crippen LogP) is 2.34. The molecule has 2 aromatic rings. The molecule has 3 amide bonds. The second-order valence-corrected chi connectivity index (χ2v) is 7.83. The lowest BCUT2D eigenvalue weighted by Crippen LogP contribution is -2.52. The molecule has 156 valence electrons. The van der Waals surface area contributed by atoms with Crippen LogP contribution in [0, 0.1) is 0 Å². The number of nitrogens with zero attached hydrogens (tertiary/aromatic N) is 2. The maximum atomic E-state index is 13.6. The normalized spacial score (nSPS) is 25.3. The molecule has 2 fully saturated rings. The van der Waals surface area contributed by atoms with Gasteiger partial charge >= 0.3 is 6.03 Å². The largest absolute Gasteiger partial charge is 0.494 e. The Balaban J connectivity index is 1.49. The summed E-state index contributed by atoms with van der Waals surface area (Å²) in [5.41, 5.74) is 0.431. The lowest BCUT2D eigenvalue weighted by atomic mass is 9.81. The summed E-state index contributed by atoms with van der Waals surface area (Å²) in [4.78, 5) is 29.9. The van der Waals surface area contributed by atoms with Crippen molar-refractivity contribution in [1.29, 1.82) is 0 Å². The molecule has 2 saturated heterocycles. The van der Waals surface area contributed by atoms with E-state index in [0.29, 0.717) is 42.6 Å². The van der Waals surface area contributed by atoms with Crippen molar-refractivity contribution in [3.63, 3.8) is 0 Å². The highest BCUT2D eigenvalue weighted by Gasteiger charge is 2.60. The summed E-state index contributed by atoms with van der Waals surface area (Å²) in [5.74, 6) is 1.60. The van der Waals surface area contributed by atoms with Gasteiger partial charge in [0, 0.05) is 19.0 Å². The highest BCUT2D eigenvalue weighted by atomic mass is 16.7. The van der Waals surface area contributed by atoms with E-state index < -0.39 is 11.6 Å². The molecule has 0 saturated carbocycles. The van der Waals surface area contributed by atoms with Crippen LogP contribution in [0.2, 0.25) is 0 Å². The molecule has 0 bridgehead atoms. The van der Waals surface area contributed by atoms with Crippen molar-refractivity contribution >= 4 is 17.6 Å². The fraction of sp³-hybridized carbons (Fsp3) is 0.364. The zero-order chi connectivity index (χ0) is 20.9. The third-order valence-electron chi connectivity index (χ3n) is 5.93. The van der Waals surface area contributed by atoms with Gasteiger partial charge in [-0.1, -0.05) is 6.07 Å². The summed E-state index contributed by atoms with van der Waals surface area (Å²) in [6, 6.07) is 12.3. The number of urea groups is 1. The van der Waals surface area contributed by atoms with Gasteiger partial charge in [-0.3, -0.25) is 4.79 Å². The van der Waals surface area contributed by atoms with E-state index in [2.05, 4.69) is 10.2 Å². The van der Waals surface area contributed by atoms with Crippen LogP contribution in [0.3, 0.4) is 0 Å². The Labute approximate surface area is 174 Å². The predicted molar refractivity (Wildman–Crippen MR) is 109 cm³/mol. The number of likely N-dealkylation sites (tertiary alicyclic amines) is 1. The van der Waals surface area contributed by atoms with Gasteiger partial charge in [-0.05, 0) is 55.9 Å². The molecule has 0 radical (unpaired) electrons. The lowest BCUT2D eigenvalue weighted by Gasteiger charge is -2.28. The van der Waals surface area contributed by atoms with Gasteiger partial charge in [0.25, 0.3) is 5.91 Å². The van der Waals surface area contributed by atoms with E-state index in [-0.39, 0.29) is 18.6 Å². The highest BCUT2D eigenvalue weighted by Crippen LogP contribution is 2.44. The van der Waals surface area contributed by atoms with Crippen molar-refractivity contribution in [2.24, 2.45) is 0 Å². The van der Waals surface area contributed by atoms with Crippen molar-refractivity contribution in [1.82, 2.24) is 10.2 Å². The Hall–Kier alpha value is -3.26. The molecule has 8 nitrogen and oxygen atoms in total. The number of fused-ring (bicyclic) bond motifs is 1. The number of amides is 3. The number of hydrogen-bond donors (Lipinski definition) is 1. The molecular weight excluding hydrogens is 386 g/mol. The molecule has 0 aromatic heterocycles. The zero-order valence-corrected chi connectivity index (χ0v) is 16.9. The average molecular weight is 409 g/mol. The van der Waals surface area contributed by atoms with E-state index in [1.807, 2.05) is 32.2 Å². The second-order valence-electron chi connectivity index (χ2n) is 7.83. The maximum Gasteiger partial charge on any atom is 0.329 e. The van der Waals surface area contributed by atoms with Crippen LogP contribution in [-0.4, -0.2) is 55.9 Å². The van der Waals surface area contributed by atoms with Crippen LogP contribution in [0.25, 0.3) is 0 Å². The van der Waals surface area contributed by atoms with Crippen LogP contribution < -0.4 is 24.4 Å². The van der Waals surface area contributed by atoms with Crippen molar-refractivity contribution in [3.8, 4) is 17.2 Å². The average Bonchev–Trinajstić information content (AvgIpc) is 3.39. The van der Waals surface area contributed by atoms with Gasteiger partial charge in [0.15, 0.2) is 11.5 Å². The summed E-state index contributed by atoms with van der Waals surface area (Å²) < 4.78 is 16.4. The topological polar surface area (TPSA) is 80.3 Å². The monoisotopic (exact) mass is 409 g/mol. The molecule has 2 atom stereocenters. The Morgan fingerprint density at radius 1 is 1.13 bits per heavy atom. The molecule has 0 unspecified atom stereocenters. The molecule has 30 heavy (non-hydrogen) atoms. The smallest absolute Gasteiger partial charge is 0.329 e. The molecule has 3 aliphatic rings. The van der Waals surface area contributed by atoms with E-state index in [4.69, 9.17) is 14.2 Å². The number of ether oxygens (including phenoxy) is 3. The van der Waals surface area contributed by atoms with E-state index in [9.17, 15) is 9.59 Å². The molecule has 1 N–H and O–H groups in total. The van der Waals surface area contributed by atoms with Gasteiger partial charge < -0.3 is 24.4 Å². The standard InChI is InChI=1S/C22H23N3O5/c1-3-28-16-7-5-15(6-8-16)25-20(26)22(23-21(25)27)12-24(2)11-17(22)14-4-9-18-19(10-14)30-13-29-18/h4-10,17H,3,11-13H2,1-2H3,(H,23,27)/t17-,22+/m1/s1. The Morgan fingerprint density at radius 3 is 2.67 bits per heavy atom. The fourth-order valence-corrected chi connectivity index (χ4v) is 4.62. The molecule has 3 aliphatic heterocycles. The molecule has 3 heterocycles. The van der Waals surface area contributed by atoms with Crippen LogP contribution >= 0.6 is 0 Å². The number of carbonyl (C=O) groups is 2. The van der Waals surface area contributed by atoms with Crippen LogP contribution in [0.5, 0.6) is 17.2 Å². The van der Waals surface area contributed by atoms with E-state index >= 15 is 0 Å². The number of nitrogens with one attached hydrogen (secondary N) is 1. The number of likely N-dealkylation sites (N-methyl/N-ethyl adjacent to an activating group) is 1. The van der Waals surface area contributed by atoms with Crippen molar-refractivity contribution < 1.29 is 23.8 Å². The minimum absolute atomic E-state index is 0.190. The number of anilines is 1. The van der Waals surface area contributed by atoms with Gasteiger partial charge in [0.2, 0.25) is 6.79 Å². The summed E-state index contributed by atoms with van der Waals surface area (Å²) in [7, 11) is 1.95. The molecular formula is C22H23N3O5. The van der Waals surface area contributed by atoms with E-state index in [1.54, 1.807) is 24.3 Å². The van der Waals surface area contributed by atoms with Gasteiger partial charge in [-0.2, -0.15) is 0 Å². The van der Waals surface area contributed by atoms with Gasteiger partial charge in [0.05, 0.1) is 12.3 Å². The van der Waals surface area contributed by atoms with Crippen LogP contribution in [0.4, 0.5) is 10.5 Å². The summed E-state index contributed by atoms with van der Waals surface area (Å²) >= 11 is 0. The second kappa shape index (κ2) is 6.91. The number of hydrogen-bond acceptors (Lipinski definition) is 6. The third kappa shape index (κ3) is 2.79. The Bertz CT molecular complexity index is 1010. The Morgan fingerprint density at radius 2 is 1.90 bits per heavy atom. The Kier molecular flexibility index (Phi) is 4.32. The highest BCUT2D eigenvalue weighted by molar-refractivity contribution is 6.24. The summed E-state index contributed by atoms with van der Waals surface area (Å²) in [6.07, 6.45) is 0. The van der Waals surface area contributed by atoms with E-state index in [0.717, 1.165) is 5.56 Å². The first-order valence-corrected chi connectivity index (χ1v) is 9.99. The van der Waals surface area contributed by atoms with Crippen LogP contribution in [0.15, 0.2) is 42.5 Å². The van der Waals surface area contributed by atoms with Crippen molar-refractivity contribution in [2.75, 3.05) is 38.4 Å². The number of benzene rings is 2. The van der Waals surface area contributed by atoms with Gasteiger partial charge in [-0.25, -0.2) is 9.69 Å². The SMILES string of the molecule is CCOc1ccc(N2C(=O)N[C@]3(CN(C)C[C@@H]3c3ccc4c(c3)OCO4)C2=O)cc1. The van der Waals surface area contributed by atoms with E-state index in [1.165, 1.54) is 4.90 Å². The van der Waals surface area contributed by atoms with Crippen LogP contribution in [-0.2, 0) is 4.79 Å². The zero-order valence-electron chi connectivity index (χ0n) is 16.9. The third-order valence-corrected chi connectivity index (χ3v) is 5.93. The quantitative estimate of drug-likeness (QED) is 0.781. The summed E-state index contributed by atoms with van der Waals surface area (Å²) in [5, 5.41) is 3.01. The number of imide groups is 1. The van der Waals surface area contributed by atoms with Gasteiger partial charge in [0.1, 0.15) is 11.3 Å². The number of carbonyl (C=O) groups excluding carboxylic acids is 2. The fourth-order valence-electron chi connectivity index (χ4n) is 4.62. The minimum Gasteiger partial charge on any atom is -0.494 e. The molecule has 8 heteroatoms. The van der Waals surface area contributed by atoms with Crippen molar-refractivity contribution in [2.45, 2.75) is 18.4 Å². The van der Waals surface area contributed by atoms with Crippen LogP contribution in [0.1, 0.15) is 18.4 Å². The molecule has 2 aromatic carbocycles. The first-order valence-electron chi connectivity index (χ1n) is 9.99.